The van der Waals surface area contributed by atoms with E-state index in [9.17, 15) is 9.59 Å². The van der Waals surface area contributed by atoms with Crippen LogP contribution >= 0.6 is 0 Å². The number of carbonyl (C=O) groups excluding carboxylic acids is 1. The molecule has 0 aromatic carbocycles. The highest BCUT2D eigenvalue weighted by Crippen LogP contribution is 2.16. The standard InChI is InChI=1S/C14H26O4/c1-3-12(14(17)18-4-2)10-8-6-5-7-9-11-13(15)16/h12H,3-11H2,1-2H3,(H,15,16). The van der Waals surface area contributed by atoms with Crippen LogP contribution < -0.4 is 0 Å². The molecule has 0 aliphatic heterocycles. The summed E-state index contributed by atoms with van der Waals surface area (Å²) in [6, 6.07) is 0. The van der Waals surface area contributed by atoms with Crippen molar-refractivity contribution in [1.29, 1.82) is 0 Å². The molecule has 0 bridgehead atoms. The quantitative estimate of drug-likeness (QED) is 0.456. The van der Waals surface area contributed by atoms with Crippen molar-refractivity contribution in [2.45, 2.75) is 65.2 Å². The third-order valence-corrected chi connectivity index (χ3v) is 3.06. The van der Waals surface area contributed by atoms with Crippen LogP contribution in [0.3, 0.4) is 0 Å². The van der Waals surface area contributed by atoms with Crippen molar-refractivity contribution in [3.05, 3.63) is 0 Å². The molecule has 4 nitrogen and oxygen atoms in total. The fourth-order valence-electron chi connectivity index (χ4n) is 1.95. The number of unbranched alkanes of at least 4 members (excludes halogenated alkanes) is 4. The molecule has 4 heteroatoms. The van der Waals surface area contributed by atoms with Crippen LogP contribution in [0.2, 0.25) is 0 Å². The largest absolute Gasteiger partial charge is 0.481 e. The molecule has 0 aromatic heterocycles. The maximum absolute atomic E-state index is 11.5. The zero-order valence-electron chi connectivity index (χ0n) is 11.6. The van der Waals surface area contributed by atoms with Crippen molar-refractivity contribution >= 4 is 11.9 Å². The summed E-state index contributed by atoms with van der Waals surface area (Å²) in [6.07, 6.45) is 6.83. The fourth-order valence-corrected chi connectivity index (χ4v) is 1.95. The predicted octanol–water partition coefficient (Wildman–Crippen LogP) is 3.39. The number of carboxylic acid groups (broad SMARTS) is 1. The molecule has 0 aromatic rings. The lowest BCUT2D eigenvalue weighted by molar-refractivity contribution is -0.148. The van der Waals surface area contributed by atoms with Crippen LogP contribution in [0, 0.1) is 5.92 Å². The SMILES string of the molecule is CCOC(=O)C(CC)CCCCCCCC(=O)O. The van der Waals surface area contributed by atoms with Gasteiger partial charge in [0, 0.05) is 6.42 Å². The van der Waals surface area contributed by atoms with Crippen LogP contribution in [0.15, 0.2) is 0 Å². The molecule has 0 heterocycles. The summed E-state index contributed by atoms with van der Waals surface area (Å²) in [7, 11) is 0. The van der Waals surface area contributed by atoms with Gasteiger partial charge in [-0.2, -0.15) is 0 Å². The van der Waals surface area contributed by atoms with Gasteiger partial charge < -0.3 is 9.84 Å². The molecule has 0 aliphatic rings. The fraction of sp³-hybridized carbons (Fsp3) is 0.857. The van der Waals surface area contributed by atoms with Gasteiger partial charge in [-0.3, -0.25) is 9.59 Å². The monoisotopic (exact) mass is 258 g/mol. The maximum Gasteiger partial charge on any atom is 0.308 e. The van der Waals surface area contributed by atoms with Crippen LogP contribution in [-0.4, -0.2) is 23.7 Å². The Hall–Kier alpha value is -1.06. The summed E-state index contributed by atoms with van der Waals surface area (Å²) in [4.78, 5) is 21.8. The van der Waals surface area contributed by atoms with Gasteiger partial charge in [0.15, 0.2) is 0 Å². The van der Waals surface area contributed by atoms with Crippen LogP contribution in [0.25, 0.3) is 0 Å². The minimum atomic E-state index is -0.719. The average molecular weight is 258 g/mol. The maximum atomic E-state index is 11.5. The topological polar surface area (TPSA) is 63.6 Å². The molecule has 1 atom stereocenters. The number of hydrogen-bond acceptors (Lipinski definition) is 3. The first-order valence-electron chi connectivity index (χ1n) is 7.00. The number of aliphatic carboxylic acids is 1. The molecule has 0 fully saturated rings. The van der Waals surface area contributed by atoms with Crippen LogP contribution in [0.4, 0.5) is 0 Å². The van der Waals surface area contributed by atoms with Crippen molar-refractivity contribution in [3.8, 4) is 0 Å². The van der Waals surface area contributed by atoms with Gasteiger partial charge in [0.25, 0.3) is 0 Å². The smallest absolute Gasteiger partial charge is 0.308 e. The zero-order chi connectivity index (χ0) is 13.8. The van der Waals surface area contributed by atoms with E-state index in [1.165, 1.54) is 0 Å². The van der Waals surface area contributed by atoms with Gasteiger partial charge in [0.1, 0.15) is 0 Å². The lowest BCUT2D eigenvalue weighted by Gasteiger charge is -2.12. The van der Waals surface area contributed by atoms with Gasteiger partial charge in [-0.25, -0.2) is 0 Å². The Morgan fingerprint density at radius 3 is 2.22 bits per heavy atom. The number of hydrogen-bond donors (Lipinski definition) is 1. The Balaban J connectivity index is 3.50. The molecule has 0 rings (SSSR count). The molecule has 18 heavy (non-hydrogen) atoms. The molecule has 0 radical (unpaired) electrons. The number of rotatable bonds is 11. The second-order valence-corrected chi connectivity index (χ2v) is 4.56. The Morgan fingerprint density at radius 2 is 1.67 bits per heavy atom. The van der Waals surface area contributed by atoms with E-state index < -0.39 is 5.97 Å². The van der Waals surface area contributed by atoms with E-state index in [0.29, 0.717) is 6.61 Å². The van der Waals surface area contributed by atoms with Crippen molar-refractivity contribution < 1.29 is 19.4 Å². The zero-order valence-corrected chi connectivity index (χ0v) is 11.6. The highest BCUT2D eigenvalue weighted by Gasteiger charge is 2.16. The Morgan fingerprint density at radius 1 is 1.06 bits per heavy atom. The van der Waals surface area contributed by atoms with Crippen LogP contribution in [0.5, 0.6) is 0 Å². The van der Waals surface area contributed by atoms with E-state index >= 15 is 0 Å². The Bertz CT molecular complexity index is 238. The Kier molecular flexibility index (Phi) is 10.4. The van der Waals surface area contributed by atoms with Crippen molar-refractivity contribution in [2.75, 3.05) is 6.61 Å². The van der Waals surface area contributed by atoms with Crippen molar-refractivity contribution in [1.82, 2.24) is 0 Å². The Labute approximate surface area is 110 Å². The highest BCUT2D eigenvalue weighted by atomic mass is 16.5. The summed E-state index contributed by atoms with van der Waals surface area (Å²) in [5, 5.41) is 8.48. The third kappa shape index (κ3) is 9.02. The van der Waals surface area contributed by atoms with E-state index in [-0.39, 0.29) is 18.3 Å². The summed E-state index contributed by atoms with van der Waals surface area (Å²) in [5.41, 5.74) is 0. The normalized spacial score (nSPS) is 12.1. The average Bonchev–Trinajstić information content (AvgIpc) is 2.32. The van der Waals surface area contributed by atoms with Crippen molar-refractivity contribution in [2.24, 2.45) is 5.92 Å². The highest BCUT2D eigenvalue weighted by molar-refractivity contribution is 5.72. The molecule has 0 saturated heterocycles. The van der Waals surface area contributed by atoms with E-state index in [1.807, 2.05) is 13.8 Å². The van der Waals surface area contributed by atoms with E-state index in [2.05, 4.69) is 0 Å². The molecule has 0 saturated carbocycles. The lowest BCUT2D eigenvalue weighted by Crippen LogP contribution is -2.16. The molecular weight excluding hydrogens is 232 g/mol. The second kappa shape index (κ2) is 11.1. The molecule has 0 spiro atoms. The van der Waals surface area contributed by atoms with Crippen LogP contribution in [-0.2, 0) is 14.3 Å². The lowest BCUT2D eigenvalue weighted by atomic mass is 9.98. The van der Waals surface area contributed by atoms with E-state index in [0.717, 1.165) is 44.9 Å². The minimum absolute atomic E-state index is 0.0315. The summed E-state index contributed by atoms with van der Waals surface area (Å²) >= 11 is 0. The van der Waals surface area contributed by atoms with Gasteiger partial charge in [0.05, 0.1) is 12.5 Å². The van der Waals surface area contributed by atoms with Crippen molar-refractivity contribution in [3.63, 3.8) is 0 Å². The first-order valence-corrected chi connectivity index (χ1v) is 7.00. The van der Waals surface area contributed by atoms with Gasteiger partial charge in [-0.15, -0.1) is 0 Å². The first kappa shape index (κ1) is 16.9. The molecule has 1 unspecified atom stereocenters. The molecule has 0 aliphatic carbocycles. The summed E-state index contributed by atoms with van der Waals surface area (Å²) in [5.74, 6) is -0.766. The van der Waals surface area contributed by atoms with Crippen LogP contribution in [0.1, 0.15) is 65.2 Å². The van der Waals surface area contributed by atoms with E-state index in [4.69, 9.17) is 9.84 Å². The number of esters is 1. The summed E-state index contributed by atoms with van der Waals surface area (Å²) in [6.45, 7) is 4.28. The molecule has 0 amide bonds. The van der Waals surface area contributed by atoms with Gasteiger partial charge in [0.2, 0.25) is 0 Å². The summed E-state index contributed by atoms with van der Waals surface area (Å²) < 4.78 is 5.01. The second-order valence-electron chi connectivity index (χ2n) is 4.56. The van der Waals surface area contributed by atoms with Gasteiger partial charge in [-0.1, -0.05) is 32.6 Å². The van der Waals surface area contributed by atoms with Gasteiger partial charge >= 0.3 is 11.9 Å². The first-order chi connectivity index (χ1) is 8.61. The predicted molar refractivity (Wildman–Crippen MR) is 70.4 cm³/mol. The minimum Gasteiger partial charge on any atom is -0.481 e. The number of carboxylic acids is 1. The molecule has 1 N–H and O–H groups in total. The number of carbonyl (C=O) groups is 2. The molecular formula is C14H26O4. The molecule has 106 valence electrons. The van der Waals surface area contributed by atoms with E-state index in [1.54, 1.807) is 0 Å². The van der Waals surface area contributed by atoms with Gasteiger partial charge in [-0.05, 0) is 26.2 Å². The third-order valence-electron chi connectivity index (χ3n) is 3.06. The number of ether oxygens (including phenoxy) is 1.